The molecule has 0 aliphatic carbocycles. The van der Waals surface area contributed by atoms with E-state index in [9.17, 15) is 0 Å². The Bertz CT molecular complexity index is 549. The lowest BCUT2D eigenvalue weighted by atomic mass is 10.0. The van der Waals surface area contributed by atoms with Gasteiger partial charge < -0.3 is 10.3 Å². The highest BCUT2D eigenvalue weighted by molar-refractivity contribution is 5.93. The molecular weight excluding hydrogens is 196 g/mol. The van der Waals surface area contributed by atoms with E-state index in [1.165, 1.54) is 27.6 Å². The number of benzene rings is 1. The molecule has 0 amide bonds. The van der Waals surface area contributed by atoms with Gasteiger partial charge in [0.05, 0.1) is 0 Å². The highest BCUT2D eigenvalue weighted by Crippen LogP contribution is 2.26. The second kappa shape index (κ2) is 3.80. The van der Waals surface area contributed by atoms with Gasteiger partial charge >= 0.3 is 0 Å². The van der Waals surface area contributed by atoms with Crippen molar-refractivity contribution < 1.29 is 0 Å². The van der Waals surface area contributed by atoms with Crippen LogP contribution in [0.1, 0.15) is 17.5 Å². The molecule has 2 N–H and O–H groups in total. The number of fused-ring (bicyclic) bond motifs is 1. The molecule has 1 aliphatic rings. The SMILES string of the molecule is Cc1ccc2c(C3=CCCNC3)c[nH]c2c1. The van der Waals surface area contributed by atoms with Crippen molar-refractivity contribution in [1.82, 2.24) is 10.3 Å². The summed E-state index contributed by atoms with van der Waals surface area (Å²) in [6, 6.07) is 6.60. The summed E-state index contributed by atoms with van der Waals surface area (Å²) in [5.74, 6) is 0. The minimum atomic E-state index is 0.987. The van der Waals surface area contributed by atoms with E-state index in [0.29, 0.717) is 0 Å². The molecule has 2 nitrogen and oxygen atoms in total. The summed E-state index contributed by atoms with van der Waals surface area (Å²) in [5.41, 5.74) is 5.31. The number of hydrogen-bond donors (Lipinski definition) is 2. The van der Waals surface area contributed by atoms with Crippen LogP contribution in [-0.4, -0.2) is 18.1 Å². The number of hydrogen-bond acceptors (Lipinski definition) is 1. The second-order valence-electron chi connectivity index (χ2n) is 4.45. The molecular formula is C14H16N2. The first kappa shape index (κ1) is 9.67. The van der Waals surface area contributed by atoms with Crippen molar-refractivity contribution in [2.24, 2.45) is 0 Å². The Balaban J connectivity index is 2.13. The van der Waals surface area contributed by atoms with Crippen LogP contribution >= 0.6 is 0 Å². The predicted octanol–water partition coefficient (Wildman–Crippen LogP) is 2.85. The number of aryl methyl sites for hydroxylation is 1. The van der Waals surface area contributed by atoms with Crippen molar-refractivity contribution in [2.45, 2.75) is 13.3 Å². The van der Waals surface area contributed by atoms with Crippen LogP contribution in [0.4, 0.5) is 0 Å². The lowest BCUT2D eigenvalue weighted by Gasteiger charge is -2.13. The van der Waals surface area contributed by atoms with Crippen molar-refractivity contribution in [1.29, 1.82) is 0 Å². The molecule has 82 valence electrons. The van der Waals surface area contributed by atoms with Gasteiger partial charge in [0.2, 0.25) is 0 Å². The summed E-state index contributed by atoms with van der Waals surface area (Å²) in [7, 11) is 0. The number of aromatic amines is 1. The maximum atomic E-state index is 3.42. The smallest absolute Gasteiger partial charge is 0.0462 e. The normalized spacial score (nSPS) is 16.4. The molecule has 0 saturated carbocycles. The van der Waals surface area contributed by atoms with E-state index in [2.05, 4.69) is 47.7 Å². The Labute approximate surface area is 95.4 Å². The molecule has 0 bridgehead atoms. The van der Waals surface area contributed by atoms with E-state index in [-0.39, 0.29) is 0 Å². The minimum Gasteiger partial charge on any atom is -0.361 e. The zero-order valence-corrected chi connectivity index (χ0v) is 9.51. The molecule has 0 radical (unpaired) electrons. The number of H-pyrrole nitrogens is 1. The fraction of sp³-hybridized carbons (Fsp3) is 0.286. The largest absolute Gasteiger partial charge is 0.361 e. The van der Waals surface area contributed by atoms with Crippen molar-refractivity contribution in [3.8, 4) is 0 Å². The summed E-state index contributed by atoms with van der Waals surface area (Å²) < 4.78 is 0. The monoisotopic (exact) mass is 212 g/mol. The van der Waals surface area contributed by atoms with Crippen LogP contribution in [0, 0.1) is 6.92 Å². The summed E-state index contributed by atoms with van der Waals surface area (Å²) >= 11 is 0. The van der Waals surface area contributed by atoms with Crippen LogP contribution in [0.5, 0.6) is 0 Å². The number of aromatic nitrogens is 1. The van der Waals surface area contributed by atoms with E-state index in [1.807, 2.05) is 0 Å². The van der Waals surface area contributed by atoms with Crippen LogP contribution in [0.3, 0.4) is 0 Å². The second-order valence-corrected chi connectivity index (χ2v) is 4.45. The van der Waals surface area contributed by atoms with E-state index < -0.39 is 0 Å². The van der Waals surface area contributed by atoms with E-state index >= 15 is 0 Å². The molecule has 2 aromatic rings. The predicted molar refractivity (Wildman–Crippen MR) is 68.5 cm³/mol. The summed E-state index contributed by atoms with van der Waals surface area (Å²) in [5, 5.41) is 4.75. The third-order valence-corrected chi connectivity index (χ3v) is 3.21. The summed E-state index contributed by atoms with van der Waals surface area (Å²) in [6.45, 7) is 4.22. The standard InChI is InChI=1S/C14H16N2/c1-10-4-5-12-13(9-16-14(12)7-10)11-3-2-6-15-8-11/h3-5,7,9,15-16H,2,6,8H2,1H3. The average Bonchev–Trinajstić information content (AvgIpc) is 2.73. The molecule has 2 heterocycles. The quantitative estimate of drug-likeness (QED) is 0.747. The highest BCUT2D eigenvalue weighted by atomic mass is 14.9. The molecule has 0 spiro atoms. The molecule has 1 aliphatic heterocycles. The van der Waals surface area contributed by atoms with Crippen LogP contribution < -0.4 is 5.32 Å². The molecule has 0 atom stereocenters. The topological polar surface area (TPSA) is 27.8 Å². The lowest BCUT2D eigenvalue weighted by molar-refractivity contribution is 0.739. The van der Waals surface area contributed by atoms with Gasteiger partial charge in [0.15, 0.2) is 0 Å². The van der Waals surface area contributed by atoms with Crippen molar-refractivity contribution in [3.63, 3.8) is 0 Å². The maximum absolute atomic E-state index is 3.42. The van der Waals surface area contributed by atoms with Crippen molar-refractivity contribution >= 4 is 16.5 Å². The Morgan fingerprint density at radius 2 is 2.19 bits per heavy atom. The van der Waals surface area contributed by atoms with Gasteiger partial charge in [-0.15, -0.1) is 0 Å². The van der Waals surface area contributed by atoms with Crippen molar-refractivity contribution in [2.75, 3.05) is 13.1 Å². The summed E-state index contributed by atoms with van der Waals surface area (Å²) in [6.07, 6.45) is 5.61. The highest BCUT2D eigenvalue weighted by Gasteiger charge is 2.10. The Kier molecular flexibility index (Phi) is 2.29. The number of rotatable bonds is 1. The molecule has 0 unspecified atom stereocenters. The molecule has 1 aromatic carbocycles. The first-order chi connectivity index (χ1) is 7.84. The van der Waals surface area contributed by atoms with Gasteiger partial charge in [-0.2, -0.15) is 0 Å². The fourth-order valence-corrected chi connectivity index (χ4v) is 2.35. The summed E-state index contributed by atoms with van der Waals surface area (Å²) in [4.78, 5) is 3.36. The van der Waals surface area contributed by atoms with Crippen LogP contribution in [0.25, 0.3) is 16.5 Å². The van der Waals surface area contributed by atoms with Crippen molar-refractivity contribution in [3.05, 3.63) is 41.6 Å². The minimum absolute atomic E-state index is 0.987. The van der Waals surface area contributed by atoms with Gasteiger partial charge in [-0.25, -0.2) is 0 Å². The van der Waals surface area contributed by atoms with E-state index in [1.54, 1.807) is 0 Å². The zero-order valence-electron chi connectivity index (χ0n) is 9.51. The average molecular weight is 212 g/mol. The third kappa shape index (κ3) is 1.55. The van der Waals surface area contributed by atoms with Gasteiger partial charge in [0.1, 0.15) is 0 Å². The first-order valence-corrected chi connectivity index (χ1v) is 5.82. The molecule has 2 heteroatoms. The number of nitrogens with one attached hydrogen (secondary N) is 2. The van der Waals surface area contributed by atoms with Crippen LogP contribution in [-0.2, 0) is 0 Å². The first-order valence-electron chi connectivity index (χ1n) is 5.82. The van der Waals surface area contributed by atoms with Gasteiger partial charge in [-0.1, -0.05) is 18.2 Å². The van der Waals surface area contributed by atoms with E-state index in [0.717, 1.165) is 19.5 Å². The van der Waals surface area contributed by atoms with Crippen LogP contribution in [0.2, 0.25) is 0 Å². The molecule has 16 heavy (non-hydrogen) atoms. The Hall–Kier alpha value is -1.54. The lowest BCUT2D eigenvalue weighted by Crippen LogP contribution is -2.21. The van der Waals surface area contributed by atoms with Gasteiger partial charge in [0.25, 0.3) is 0 Å². The third-order valence-electron chi connectivity index (χ3n) is 3.21. The zero-order chi connectivity index (χ0) is 11.0. The Morgan fingerprint density at radius 1 is 1.25 bits per heavy atom. The molecule has 3 rings (SSSR count). The molecule has 0 saturated heterocycles. The Morgan fingerprint density at radius 3 is 3.00 bits per heavy atom. The van der Waals surface area contributed by atoms with E-state index in [4.69, 9.17) is 0 Å². The molecule has 0 fully saturated rings. The van der Waals surface area contributed by atoms with Gasteiger partial charge in [-0.05, 0) is 37.1 Å². The fourth-order valence-electron chi connectivity index (χ4n) is 2.35. The van der Waals surface area contributed by atoms with Crippen LogP contribution in [0.15, 0.2) is 30.5 Å². The molecule has 1 aromatic heterocycles. The van der Waals surface area contributed by atoms with Gasteiger partial charge in [-0.3, -0.25) is 0 Å². The van der Waals surface area contributed by atoms with Gasteiger partial charge in [0, 0.05) is 29.2 Å². The maximum Gasteiger partial charge on any atom is 0.0462 e.